The van der Waals surface area contributed by atoms with Crippen molar-refractivity contribution >= 4 is 12.1 Å². The van der Waals surface area contributed by atoms with E-state index in [-0.39, 0.29) is 12.0 Å². The van der Waals surface area contributed by atoms with Crippen LogP contribution < -0.4 is 14.9 Å². The molecule has 0 fully saturated rings. The lowest BCUT2D eigenvalue weighted by atomic mass is 10.2. The second-order valence-electron chi connectivity index (χ2n) is 5.02. The summed E-state index contributed by atoms with van der Waals surface area (Å²) in [5.74, 6) is 0.960. The summed E-state index contributed by atoms with van der Waals surface area (Å²) in [5.41, 5.74) is 3.68. The average Bonchev–Trinajstić information content (AvgIpc) is 2.56. The maximum absolute atomic E-state index is 11.8. The van der Waals surface area contributed by atoms with E-state index in [0.29, 0.717) is 17.1 Å². The molecular weight excluding hydrogens is 294 g/mol. The number of carbonyl (C=O) groups is 1. The van der Waals surface area contributed by atoms with Crippen molar-refractivity contribution in [2.75, 3.05) is 7.11 Å². The van der Waals surface area contributed by atoms with Crippen molar-refractivity contribution in [1.29, 1.82) is 0 Å². The number of benzene rings is 1. The number of rotatable bonds is 6. The maximum atomic E-state index is 11.8. The highest BCUT2D eigenvalue weighted by atomic mass is 16.5. The molecule has 2 aromatic rings. The maximum Gasteiger partial charge on any atom is 0.272 e. The van der Waals surface area contributed by atoms with E-state index in [1.165, 1.54) is 12.4 Å². The van der Waals surface area contributed by atoms with E-state index < -0.39 is 0 Å². The molecule has 1 N–H and O–H groups in total. The molecule has 0 unspecified atom stereocenters. The number of pyridine rings is 1. The first-order chi connectivity index (χ1) is 11.1. The molecule has 2 rings (SSSR count). The van der Waals surface area contributed by atoms with Gasteiger partial charge in [-0.15, -0.1) is 0 Å². The fourth-order valence-corrected chi connectivity index (χ4v) is 1.84. The number of hydrogen-bond acceptors (Lipinski definition) is 5. The highest BCUT2D eigenvalue weighted by molar-refractivity contribution is 5.94. The van der Waals surface area contributed by atoms with Crippen LogP contribution in [-0.4, -0.2) is 30.3 Å². The van der Waals surface area contributed by atoms with Gasteiger partial charge in [0.1, 0.15) is 0 Å². The highest BCUT2D eigenvalue weighted by Crippen LogP contribution is 2.28. The summed E-state index contributed by atoms with van der Waals surface area (Å²) in [4.78, 5) is 15.7. The molecule has 0 bridgehead atoms. The van der Waals surface area contributed by atoms with Gasteiger partial charge in [-0.3, -0.25) is 9.78 Å². The van der Waals surface area contributed by atoms with Crippen molar-refractivity contribution in [3.63, 3.8) is 0 Å². The molecule has 1 aromatic heterocycles. The molecule has 1 amide bonds. The third-order valence-electron chi connectivity index (χ3n) is 2.85. The molecule has 6 heteroatoms. The van der Waals surface area contributed by atoms with Gasteiger partial charge in [0, 0.05) is 12.4 Å². The Balaban J connectivity index is 2.03. The van der Waals surface area contributed by atoms with Gasteiger partial charge in [-0.25, -0.2) is 5.43 Å². The van der Waals surface area contributed by atoms with E-state index in [9.17, 15) is 4.79 Å². The van der Waals surface area contributed by atoms with Crippen molar-refractivity contribution in [2.45, 2.75) is 20.0 Å². The Hall–Kier alpha value is -2.89. The topological polar surface area (TPSA) is 72.8 Å². The van der Waals surface area contributed by atoms with Gasteiger partial charge in [0.15, 0.2) is 11.5 Å². The van der Waals surface area contributed by atoms with Gasteiger partial charge >= 0.3 is 0 Å². The second-order valence-corrected chi connectivity index (χ2v) is 5.02. The Morgan fingerprint density at radius 1 is 1.30 bits per heavy atom. The second kappa shape index (κ2) is 7.93. The first kappa shape index (κ1) is 16.5. The van der Waals surface area contributed by atoms with Gasteiger partial charge in [0.05, 0.1) is 25.0 Å². The van der Waals surface area contributed by atoms with E-state index in [1.54, 1.807) is 31.5 Å². The van der Waals surface area contributed by atoms with E-state index in [0.717, 1.165) is 5.56 Å². The van der Waals surface area contributed by atoms with E-state index in [4.69, 9.17) is 9.47 Å². The van der Waals surface area contributed by atoms with Crippen LogP contribution in [0, 0.1) is 0 Å². The number of nitrogens with one attached hydrogen (secondary N) is 1. The number of methoxy groups -OCH3 is 1. The predicted octanol–water partition coefficient (Wildman–Crippen LogP) is 2.64. The molecule has 120 valence electrons. The molecule has 0 saturated heterocycles. The van der Waals surface area contributed by atoms with Crippen molar-refractivity contribution in [2.24, 2.45) is 5.10 Å². The van der Waals surface area contributed by atoms with Crippen LogP contribution in [0.3, 0.4) is 0 Å². The first-order valence-corrected chi connectivity index (χ1v) is 7.18. The molecule has 6 nitrogen and oxygen atoms in total. The lowest BCUT2D eigenvalue weighted by Gasteiger charge is -2.13. The summed E-state index contributed by atoms with van der Waals surface area (Å²) in [6.07, 6.45) is 4.68. The summed E-state index contributed by atoms with van der Waals surface area (Å²) in [6.45, 7) is 3.89. The minimum Gasteiger partial charge on any atom is -0.493 e. The number of carbonyl (C=O) groups excluding carboxylic acids is 1. The van der Waals surface area contributed by atoms with Crippen LogP contribution in [-0.2, 0) is 0 Å². The van der Waals surface area contributed by atoms with Gasteiger partial charge in [-0.1, -0.05) is 0 Å². The highest BCUT2D eigenvalue weighted by Gasteiger charge is 2.07. The lowest BCUT2D eigenvalue weighted by molar-refractivity contribution is 0.0955. The van der Waals surface area contributed by atoms with Crippen molar-refractivity contribution in [1.82, 2.24) is 10.4 Å². The van der Waals surface area contributed by atoms with E-state index in [2.05, 4.69) is 15.5 Å². The number of aromatic nitrogens is 1. The van der Waals surface area contributed by atoms with Crippen LogP contribution in [0.15, 0.2) is 47.8 Å². The molecule has 0 spiro atoms. The van der Waals surface area contributed by atoms with Crippen molar-refractivity contribution in [3.8, 4) is 11.5 Å². The molecule has 1 aromatic carbocycles. The fraction of sp³-hybridized carbons (Fsp3) is 0.235. The Morgan fingerprint density at radius 2 is 2.13 bits per heavy atom. The molecule has 0 radical (unpaired) electrons. The number of hydrogen-bond donors (Lipinski definition) is 1. The van der Waals surface area contributed by atoms with E-state index >= 15 is 0 Å². The average molecular weight is 313 g/mol. The molecule has 0 atom stereocenters. The zero-order valence-electron chi connectivity index (χ0n) is 13.3. The van der Waals surface area contributed by atoms with Crippen LogP contribution in [0.2, 0.25) is 0 Å². The number of amides is 1. The van der Waals surface area contributed by atoms with Crippen molar-refractivity contribution in [3.05, 3.63) is 53.9 Å². The van der Waals surface area contributed by atoms with Crippen molar-refractivity contribution < 1.29 is 14.3 Å². The summed E-state index contributed by atoms with van der Waals surface area (Å²) in [6, 6.07) is 8.79. The van der Waals surface area contributed by atoms with Crippen LogP contribution in [0.1, 0.15) is 29.8 Å². The van der Waals surface area contributed by atoms with Gasteiger partial charge in [-0.05, 0) is 49.7 Å². The van der Waals surface area contributed by atoms with Crippen LogP contribution >= 0.6 is 0 Å². The summed E-state index contributed by atoms with van der Waals surface area (Å²) >= 11 is 0. The van der Waals surface area contributed by atoms with Crippen LogP contribution in [0.25, 0.3) is 0 Å². The lowest BCUT2D eigenvalue weighted by Crippen LogP contribution is -2.17. The van der Waals surface area contributed by atoms with Gasteiger partial charge in [0.25, 0.3) is 5.91 Å². The fourth-order valence-electron chi connectivity index (χ4n) is 1.84. The standard InChI is InChI=1S/C17H19N3O3/c1-12(2)23-15-7-6-13(9-16(15)22-3)10-19-20-17(21)14-5-4-8-18-11-14/h4-12H,1-3H3,(H,20,21)/b19-10-. The summed E-state index contributed by atoms with van der Waals surface area (Å²) in [7, 11) is 1.58. The van der Waals surface area contributed by atoms with Gasteiger partial charge < -0.3 is 9.47 Å². The zero-order chi connectivity index (χ0) is 16.7. The first-order valence-electron chi connectivity index (χ1n) is 7.18. The third kappa shape index (κ3) is 4.81. The van der Waals surface area contributed by atoms with Gasteiger partial charge in [-0.2, -0.15) is 5.10 Å². The zero-order valence-corrected chi connectivity index (χ0v) is 13.3. The Bertz CT molecular complexity index is 685. The van der Waals surface area contributed by atoms with Gasteiger partial charge in [0.2, 0.25) is 0 Å². The number of hydrazone groups is 1. The van der Waals surface area contributed by atoms with E-state index in [1.807, 2.05) is 26.0 Å². The Kier molecular flexibility index (Phi) is 5.68. The number of ether oxygens (including phenoxy) is 2. The van der Waals surface area contributed by atoms with Crippen LogP contribution in [0.4, 0.5) is 0 Å². The Labute approximate surface area is 135 Å². The molecule has 23 heavy (non-hydrogen) atoms. The van der Waals surface area contributed by atoms with Crippen LogP contribution in [0.5, 0.6) is 11.5 Å². The molecular formula is C17H19N3O3. The SMILES string of the molecule is COc1cc(/C=N\NC(=O)c2cccnc2)ccc1OC(C)C. The summed E-state index contributed by atoms with van der Waals surface area (Å²) in [5, 5.41) is 3.94. The molecule has 0 aliphatic rings. The molecule has 1 heterocycles. The predicted molar refractivity (Wildman–Crippen MR) is 88.1 cm³/mol. The summed E-state index contributed by atoms with van der Waals surface area (Å²) < 4.78 is 10.9. The normalized spacial score (nSPS) is 10.8. The minimum atomic E-state index is -0.318. The third-order valence-corrected chi connectivity index (χ3v) is 2.85. The molecule has 0 saturated carbocycles. The molecule has 0 aliphatic carbocycles. The largest absolute Gasteiger partial charge is 0.493 e. The smallest absolute Gasteiger partial charge is 0.272 e. The number of nitrogens with zero attached hydrogens (tertiary/aromatic N) is 2. The molecule has 0 aliphatic heterocycles. The Morgan fingerprint density at radius 3 is 2.78 bits per heavy atom. The monoisotopic (exact) mass is 313 g/mol. The minimum absolute atomic E-state index is 0.0576. The quantitative estimate of drug-likeness (QED) is 0.657.